The molecule has 1 fully saturated rings. The van der Waals surface area contributed by atoms with Gasteiger partial charge in [0.1, 0.15) is 9.84 Å². The van der Waals surface area contributed by atoms with E-state index in [9.17, 15) is 13.2 Å². The zero-order valence-corrected chi connectivity index (χ0v) is 18.3. The molecule has 0 bridgehead atoms. The number of thiazole rings is 1. The Balaban J connectivity index is 1.61. The minimum Gasteiger partial charge on any atom is -0.340 e. The average Bonchev–Trinajstić information content (AvgIpc) is 3.00. The molecule has 1 aromatic heterocycles. The molecule has 0 saturated carbocycles. The van der Waals surface area contributed by atoms with Gasteiger partial charge in [-0.15, -0.1) is 11.3 Å². The van der Waals surface area contributed by atoms with Gasteiger partial charge in [0.25, 0.3) is 0 Å². The van der Waals surface area contributed by atoms with E-state index >= 15 is 0 Å². The molecule has 152 valence electrons. The molecule has 6 nitrogen and oxygen atoms in total. The topological polar surface area (TPSA) is 70.6 Å². The van der Waals surface area contributed by atoms with Gasteiger partial charge < -0.3 is 4.90 Å². The zero-order chi connectivity index (χ0) is 20.3. The van der Waals surface area contributed by atoms with Crippen molar-refractivity contribution in [2.24, 2.45) is 0 Å². The lowest BCUT2D eigenvalue weighted by atomic mass is 10.1. The van der Waals surface area contributed by atoms with Crippen LogP contribution in [0.15, 0.2) is 24.3 Å². The first-order valence-corrected chi connectivity index (χ1v) is 12.3. The number of amides is 1. The van der Waals surface area contributed by atoms with Crippen molar-refractivity contribution in [2.75, 3.05) is 44.7 Å². The number of piperazine rings is 1. The van der Waals surface area contributed by atoms with Crippen LogP contribution in [0, 0.1) is 13.8 Å². The number of benzene rings is 1. The lowest BCUT2D eigenvalue weighted by Gasteiger charge is -2.34. The van der Waals surface area contributed by atoms with Crippen molar-refractivity contribution < 1.29 is 13.2 Å². The van der Waals surface area contributed by atoms with Crippen molar-refractivity contribution >= 4 is 27.1 Å². The Morgan fingerprint density at radius 2 is 1.75 bits per heavy atom. The minimum absolute atomic E-state index is 0.111. The van der Waals surface area contributed by atoms with E-state index in [2.05, 4.69) is 41.1 Å². The van der Waals surface area contributed by atoms with Crippen molar-refractivity contribution in [1.82, 2.24) is 14.8 Å². The van der Waals surface area contributed by atoms with Gasteiger partial charge in [-0.05, 0) is 13.8 Å². The van der Waals surface area contributed by atoms with E-state index in [1.54, 1.807) is 11.3 Å². The second kappa shape index (κ2) is 8.71. The van der Waals surface area contributed by atoms with E-state index in [4.69, 9.17) is 0 Å². The van der Waals surface area contributed by atoms with Crippen LogP contribution < -0.4 is 0 Å². The predicted molar refractivity (Wildman–Crippen MR) is 113 cm³/mol. The Bertz CT molecular complexity index is 928. The first-order chi connectivity index (χ1) is 13.2. The van der Waals surface area contributed by atoms with E-state index in [0.717, 1.165) is 21.1 Å². The quantitative estimate of drug-likeness (QED) is 0.715. The molecule has 1 saturated heterocycles. The molecule has 2 heterocycles. The number of rotatable bonds is 6. The van der Waals surface area contributed by atoms with E-state index in [-0.39, 0.29) is 11.7 Å². The molecule has 0 spiro atoms. The van der Waals surface area contributed by atoms with Gasteiger partial charge in [0.15, 0.2) is 0 Å². The molecule has 0 atom stereocenters. The molecule has 3 rings (SSSR count). The largest absolute Gasteiger partial charge is 0.340 e. The molecule has 0 unspecified atom stereocenters. The summed E-state index contributed by atoms with van der Waals surface area (Å²) in [4.78, 5) is 22.5. The Morgan fingerprint density at radius 3 is 2.36 bits per heavy atom. The number of carbonyl (C=O) groups excluding carboxylic acids is 1. The third-order valence-corrected chi connectivity index (χ3v) is 6.84. The van der Waals surface area contributed by atoms with Crippen LogP contribution in [0.1, 0.15) is 15.4 Å². The fourth-order valence-corrected chi connectivity index (χ4v) is 4.83. The number of aryl methyl sites for hydroxylation is 2. The Labute approximate surface area is 171 Å². The predicted octanol–water partition coefficient (Wildman–Crippen LogP) is 2.16. The first kappa shape index (κ1) is 21.0. The number of hydrogen-bond acceptors (Lipinski definition) is 6. The highest BCUT2D eigenvalue weighted by molar-refractivity contribution is 7.90. The molecule has 0 N–H and O–H groups in total. The van der Waals surface area contributed by atoms with Crippen LogP contribution in [-0.2, 0) is 21.1 Å². The van der Waals surface area contributed by atoms with Crippen LogP contribution in [-0.4, -0.2) is 73.8 Å². The maximum absolute atomic E-state index is 12.8. The maximum atomic E-state index is 12.8. The fraction of sp³-hybridized carbons (Fsp3) is 0.500. The highest BCUT2D eigenvalue weighted by Crippen LogP contribution is 2.29. The average molecular weight is 422 g/mol. The molecule has 0 aliphatic carbocycles. The summed E-state index contributed by atoms with van der Waals surface area (Å²) in [6.45, 7) is 7.27. The summed E-state index contributed by atoms with van der Waals surface area (Å²) >= 11 is 1.58. The number of nitrogens with zero attached hydrogens (tertiary/aromatic N) is 3. The van der Waals surface area contributed by atoms with E-state index in [1.807, 2.05) is 11.8 Å². The second-order valence-corrected chi connectivity index (χ2v) is 10.9. The molecule has 28 heavy (non-hydrogen) atoms. The van der Waals surface area contributed by atoms with Gasteiger partial charge in [0.2, 0.25) is 5.91 Å². The normalized spacial score (nSPS) is 15.8. The van der Waals surface area contributed by atoms with E-state index < -0.39 is 9.84 Å². The fourth-order valence-electron chi connectivity index (χ4n) is 3.29. The van der Waals surface area contributed by atoms with Gasteiger partial charge in [0, 0.05) is 49.4 Å². The van der Waals surface area contributed by atoms with Gasteiger partial charge in [-0.1, -0.05) is 29.8 Å². The van der Waals surface area contributed by atoms with Gasteiger partial charge in [0.05, 0.1) is 22.9 Å². The first-order valence-electron chi connectivity index (χ1n) is 9.42. The highest BCUT2D eigenvalue weighted by atomic mass is 32.2. The number of hydrogen-bond donors (Lipinski definition) is 0. The lowest BCUT2D eigenvalue weighted by molar-refractivity contribution is -0.132. The molecule has 8 heteroatoms. The molecular weight excluding hydrogens is 394 g/mol. The Morgan fingerprint density at radius 1 is 1.11 bits per heavy atom. The number of carbonyl (C=O) groups is 1. The van der Waals surface area contributed by atoms with Gasteiger partial charge >= 0.3 is 0 Å². The van der Waals surface area contributed by atoms with Crippen LogP contribution in [0.4, 0.5) is 0 Å². The summed E-state index contributed by atoms with van der Waals surface area (Å²) in [5.41, 5.74) is 3.15. The van der Waals surface area contributed by atoms with Gasteiger partial charge in [-0.3, -0.25) is 9.69 Å². The van der Waals surface area contributed by atoms with Gasteiger partial charge in [-0.2, -0.15) is 0 Å². The number of aromatic nitrogens is 1. The summed E-state index contributed by atoms with van der Waals surface area (Å²) < 4.78 is 22.6. The smallest absolute Gasteiger partial charge is 0.227 e. The van der Waals surface area contributed by atoms with E-state index in [1.165, 1.54) is 11.8 Å². The minimum atomic E-state index is -2.95. The van der Waals surface area contributed by atoms with Crippen LogP contribution in [0.2, 0.25) is 0 Å². The monoisotopic (exact) mass is 421 g/mol. The van der Waals surface area contributed by atoms with Crippen molar-refractivity contribution in [3.05, 3.63) is 39.7 Å². The van der Waals surface area contributed by atoms with Crippen molar-refractivity contribution in [3.63, 3.8) is 0 Å². The van der Waals surface area contributed by atoms with Crippen LogP contribution >= 0.6 is 11.3 Å². The molecule has 1 aliphatic heterocycles. The standard InChI is InChI=1S/C20H27N3O3S2/c1-15-4-6-17(7-5-15)20-18(27-16(2)21-20)14-19(24)23-10-8-22(9-11-23)12-13-28(3,25)26/h4-7H,8-14H2,1-3H3. The van der Waals surface area contributed by atoms with E-state index in [0.29, 0.717) is 39.1 Å². The summed E-state index contributed by atoms with van der Waals surface area (Å²) in [6.07, 6.45) is 1.62. The summed E-state index contributed by atoms with van der Waals surface area (Å²) in [7, 11) is -2.95. The molecule has 0 radical (unpaired) electrons. The zero-order valence-electron chi connectivity index (χ0n) is 16.6. The van der Waals surface area contributed by atoms with Crippen molar-refractivity contribution in [2.45, 2.75) is 20.3 Å². The molecule has 1 aromatic carbocycles. The van der Waals surface area contributed by atoms with Crippen LogP contribution in [0.25, 0.3) is 11.3 Å². The third-order valence-electron chi connectivity index (χ3n) is 4.94. The van der Waals surface area contributed by atoms with Crippen LogP contribution in [0.3, 0.4) is 0 Å². The molecule has 1 amide bonds. The second-order valence-electron chi connectivity index (χ2n) is 7.40. The van der Waals surface area contributed by atoms with Gasteiger partial charge in [-0.25, -0.2) is 13.4 Å². The number of sulfone groups is 1. The molecule has 1 aliphatic rings. The lowest BCUT2D eigenvalue weighted by Crippen LogP contribution is -2.50. The summed E-state index contributed by atoms with van der Waals surface area (Å²) in [5.74, 6) is 0.279. The Kier molecular flexibility index (Phi) is 6.52. The molecule has 2 aromatic rings. The van der Waals surface area contributed by atoms with Crippen molar-refractivity contribution in [1.29, 1.82) is 0 Å². The SMILES string of the molecule is Cc1ccc(-c2nc(C)sc2CC(=O)N2CCN(CCS(C)(=O)=O)CC2)cc1. The summed E-state index contributed by atoms with van der Waals surface area (Å²) in [5, 5.41) is 0.962. The Hall–Kier alpha value is -1.77. The maximum Gasteiger partial charge on any atom is 0.227 e. The van der Waals surface area contributed by atoms with Crippen molar-refractivity contribution in [3.8, 4) is 11.3 Å². The van der Waals surface area contributed by atoms with Crippen LogP contribution in [0.5, 0.6) is 0 Å². The molecular formula is C20H27N3O3S2. The summed E-state index contributed by atoms with van der Waals surface area (Å²) in [6, 6.07) is 8.23. The third kappa shape index (κ3) is 5.62. The highest BCUT2D eigenvalue weighted by Gasteiger charge is 2.23.